The lowest BCUT2D eigenvalue weighted by Gasteiger charge is -2.07. The van der Waals surface area contributed by atoms with E-state index in [0.717, 1.165) is 41.0 Å². The summed E-state index contributed by atoms with van der Waals surface area (Å²) in [6, 6.07) is 4.14. The highest BCUT2D eigenvalue weighted by Crippen LogP contribution is 2.35. The van der Waals surface area contributed by atoms with Crippen LogP contribution in [0.15, 0.2) is 28.9 Å². The Labute approximate surface area is 124 Å². The van der Waals surface area contributed by atoms with Crippen molar-refractivity contribution in [1.29, 1.82) is 0 Å². The van der Waals surface area contributed by atoms with E-state index in [4.69, 9.17) is 4.42 Å². The molecule has 0 aliphatic heterocycles. The molecule has 0 aromatic carbocycles. The summed E-state index contributed by atoms with van der Waals surface area (Å²) in [6.45, 7) is 4.20. The van der Waals surface area contributed by atoms with Crippen LogP contribution in [0.2, 0.25) is 0 Å². The predicted molar refractivity (Wildman–Crippen MR) is 83.4 cm³/mol. The monoisotopic (exact) mass is 278 g/mol. The van der Waals surface area contributed by atoms with Crippen molar-refractivity contribution >= 4 is 11.1 Å². The summed E-state index contributed by atoms with van der Waals surface area (Å²) in [5.74, 6) is 1.13. The standard InChI is InChI=1S/C18H18N2O/c1-11-9-15(20-10-12(11)2)13-7-8-19-17-14-5-3-4-6-16(14)21-18(13)17/h7-10H,3-6H2,1-2H3. The van der Waals surface area contributed by atoms with Crippen LogP contribution < -0.4 is 0 Å². The first-order chi connectivity index (χ1) is 10.2. The molecule has 0 N–H and O–H groups in total. The molecule has 3 heterocycles. The van der Waals surface area contributed by atoms with Crippen LogP contribution in [0.3, 0.4) is 0 Å². The van der Waals surface area contributed by atoms with Crippen LogP contribution in [0.25, 0.3) is 22.4 Å². The minimum absolute atomic E-state index is 0.903. The highest BCUT2D eigenvalue weighted by molar-refractivity contribution is 5.91. The van der Waals surface area contributed by atoms with Gasteiger partial charge in [-0.05, 0) is 56.4 Å². The van der Waals surface area contributed by atoms with Crippen LogP contribution in [-0.2, 0) is 12.8 Å². The van der Waals surface area contributed by atoms with Gasteiger partial charge in [0.15, 0.2) is 5.58 Å². The van der Waals surface area contributed by atoms with E-state index in [2.05, 4.69) is 29.9 Å². The molecule has 0 fully saturated rings. The van der Waals surface area contributed by atoms with E-state index in [9.17, 15) is 0 Å². The van der Waals surface area contributed by atoms with Crippen LogP contribution in [0.4, 0.5) is 0 Å². The summed E-state index contributed by atoms with van der Waals surface area (Å²) < 4.78 is 6.14. The Morgan fingerprint density at radius 2 is 1.90 bits per heavy atom. The van der Waals surface area contributed by atoms with Gasteiger partial charge in [-0.1, -0.05) is 0 Å². The van der Waals surface area contributed by atoms with E-state index in [1.807, 2.05) is 18.5 Å². The third-order valence-corrected chi connectivity index (χ3v) is 4.48. The van der Waals surface area contributed by atoms with E-state index < -0.39 is 0 Å². The maximum absolute atomic E-state index is 6.14. The van der Waals surface area contributed by atoms with Crippen molar-refractivity contribution in [3.8, 4) is 11.3 Å². The lowest BCUT2D eigenvalue weighted by atomic mass is 9.97. The molecule has 0 spiro atoms. The molecule has 1 aliphatic rings. The van der Waals surface area contributed by atoms with Crippen molar-refractivity contribution in [1.82, 2.24) is 9.97 Å². The molecule has 3 heteroatoms. The molecule has 0 saturated heterocycles. The Morgan fingerprint density at radius 3 is 2.76 bits per heavy atom. The normalized spacial score (nSPS) is 14.4. The highest BCUT2D eigenvalue weighted by Gasteiger charge is 2.21. The van der Waals surface area contributed by atoms with Gasteiger partial charge in [-0.2, -0.15) is 0 Å². The Balaban J connectivity index is 1.96. The van der Waals surface area contributed by atoms with Crippen LogP contribution in [0.5, 0.6) is 0 Å². The molecule has 0 amide bonds. The van der Waals surface area contributed by atoms with Crippen molar-refractivity contribution in [2.75, 3.05) is 0 Å². The third kappa shape index (κ3) is 1.96. The van der Waals surface area contributed by atoms with Gasteiger partial charge >= 0.3 is 0 Å². The molecule has 3 nitrogen and oxygen atoms in total. The van der Waals surface area contributed by atoms with Crippen molar-refractivity contribution in [3.05, 3.63) is 47.0 Å². The molecule has 3 aromatic rings. The van der Waals surface area contributed by atoms with Gasteiger partial charge in [0.1, 0.15) is 11.3 Å². The number of rotatable bonds is 1. The fourth-order valence-electron chi connectivity index (χ4n) is 3.10. The molecule has 106 valence electrons. The summed E-state index contributed by atoms with van der Waals surface area (Å²) in [5, 5.41) is 0. The Kier molecular flexibility index (Phi) is 2.81. The fraction of sp³-hybridized carbons (Fsp3) is 0.333. The van der Waals surface area contributed by atoms with E-state index in [1.165, 1.54) is 29.5 Å². The largest absolute Gasteiger partial charge is 0.458 e. The van der Waals surface area contributed by atoms with Crippen LogP contribution in [-0.4, -0.2) is 9.97 Å². The SMILES string of the molecule is Cc1cnc(-c2ccnc3c4c(oc23)CCCC4)cc1C. The van der Waals surface area contributed by atoms with Gasteiger partial charge in [-0.15, -0.1) is 0 Å². The zero-order valence-corrected chi connectivity index (χ0v) is 12.4. The summed E-state index contributed by atoms with van der Waals surface area (Å²) >= 11 is 0. The quantitative estimate of drug-likeness (QED) is 0.663. The Hall–Kier alpha value is -2.16. The molecule has 21 heavy (non-hydrogen) atoms. The lowest BCUT2D eigenvalue weighted by Crippen LogP contribution is -1.99. The van der Waals surface area contributed by atoms with E-state index in [1.54, 1.807) is 0 Å². The third-order valence-electron chi connectivity index (χ3n) is 4.48. The van der Waals surface area contributed by atoms with Crippen molar-refractivity contribution in [2.45, 2.75) is 39.5 Å². The second-order valence-electron chi connectivity index (χ2n) is 5.90. The van der Waals surface area contributed by atoms with Gasteiger partial charge in [0.25, 0.3) is 0 Å². The average molecular weight is 278 g/mol. The van der Waals surface area contributed by atoms with E-state index in [0.29, 0.717) is 0 Å². The number of pyridine rings is 2. The van der Waals surface area contributed by atoms with Crippen LogP contribution >= 0.6 is 0 Å². The number of aromatic nitrogens is 2. The van der Waals surface area contributed by atoms with Gasteiger partial charge in [-0.3, -0.25) is 9.97 Å². The average Bonchev–Trinajstić information content (AvgIpc) is 2.89. The topological polar surface area (TPSA) is 38.9 Å². The molecular formula is C18H18N2O. The zero-order chi connectivity index (χ0) is 14.4. The molecule has 3 aromatic heterocycles. The number of hydrogen-bond acceptors (Lipinski definition) is 3. The summed E-state index contributed by atoms with van der Waals surface area (Å²) in [7, 11) is 0. The second-order valence-corrected chi connectivity index (χ2v) is 5.90. The fourth-order valence-corrected chi connectivity index (χ4v) is 3.10. The minimum atomic E-state index is 0.903. The molecule has 4 rings (SSSR count). The van der Waals surface area contributed by atoms with Crippen molar-refractivity contribution < 1.29 is 4.42 Å². The molecular weight excluding hydrogens is 260 g/mol. The number of hydrogen-bond donors (Lipinski definition) is 0. The van der Waals surface area contributed by atoms with Gasteiger partial charge < -0.3 is 4.42 Å². The Bertz CT molecular complexity index is 833. The maximum Gasteiger partial charge on any atom is 0.162 e. The van der Waals surface area contributed by atoms with Gasteiger partial charge in [-0.25, -0.2) is 0 Å². The molecule has 0 radical (unpaired) electrons. The molecule has 1 aliphatic carbocycles. The highest BCUT2D eigenvalue weighted by atomic mass is 16.3. The lowest BCUT2D eigenvalue weighted by molar-refractivity contribution is 0.506. The summed E-state index contributed by atoms with van der Waals surface area (Å²) in [4.78, 5) is 9.14. The number of furan rings is 1. The van der Waals surface area contributed by atoms with E-state index >= 15 is 0 Å². The maximum atomic E-state index is 6.14. The zero-order valence-electron chi connectivity index (χ0n) is 12.4. The first-order valence-corrected chi connectivity index (χ1v) is 7.57. The first kappa shape index (κ1) is 12.6. The van der Waals surface area contributed by atoms with E-state index in [-0.39, 0.29) is 0 Å². The summed E-state index contributed by atoms with van der Waals surface area (Å²) in [5.41, 5.74) is 7.72. The second kappa shape index (κ2) is 4.69. The molecule has 0 unspecified atom stereocenters. The van der Waals surface area contributed by atoms with Crippen LogP contribution in [0, 0.1) is 13.8 Å². The number of nitrogens with zero attached hydrogens (tertiary/aromatic N) is 2. The Morgan fingerprint density at radius 1 is 1.05 bits per heavy atom. The van der Waals surface area contributed by atoms with Gasteiger partial charge in [0.05, 0.1) is 5.69 Å². The molecule has 0 atom stereocenters. The number of fused-ring (bicyclic) bond motifs is 3. The number of aryl methyl sites for hydroxylation is 4. The minimum Gasteiger partial charge on any atom is -0.458 e. The molecule has 0 saturated carbocycles. The summed E-state index contributed by atoms with van der Waals surface area (Å²) in [6.07, 6.45) is 8.36. The van der Waals surface area contributed by atoms with Gasteiger partial charge in [0, 0.05) is 29.9 Å². The molecule has 0 bridgehead atoms. The van der Waals surface area contributed by atoms with Gasteiger partial charge in [0.2, 0.25) is 0 Å². The predicted octanol–water partition coefficient (Wildman–Crippen LogP) is 4.39. The van der Waals surface area contributed by atoms with Crippen molar-refractivity contribution in [3.63, 3.8) is 0 Å². The first-order valence-electron chi connectivity index (χ1n) is 7.57. The smallest absolute Gasteiger partial charge is 0.162 e. The van der Waals surface area contributed by atoms with Crippen LogP contribution in [0.1, 0.15) is 35.3 Å². The van der Waals surface area contributed by atoms with Crippen molar-refractivity contribution in [2.24, 2.45) is 0 Å².